The second-order valence-corrected chi connectivity index (χ2v) is 22.1. The molecule has 0 saturated heterocycles. The van der Waals surface area contributed by atoms with Crippen LogP contribution in [-0.2, 0) is 28.6 Å². The van der Waals surface area contributed by atoms with Crippen molar-refractivity contribution < 1.29 is 28.6 Å². The highest BCUT2D eigenvalue weighted by atomic mass is 16.6. The summed E-state index contributed by atoms with van der Waals surface area (Å²) < 4.78 is 16.9. The zero-order valence-corrected chi connectivity index (χ0v) is 46.7. The number of carbonyl (C=O) groups excluding carboxylic acids is 3. The molecule has 0 heterocycles. The molecule has 6 heteroatoms. The van der Waals surface area contributed by atoms with Crippen molar-refractivity contribution in [2.75, 3.05) is 13.2 Å². The first-order valence-corrected chi connectivity index (χ1v) is 30.8. The molecule has 0 rings (SSSR count). The Kier molecular flexibility index (Phi) is 53.5. The van der Waals surface area contributed by atoms with Crippen LogP contribution < -0.4 is 0 Å². The highest BCUT2D eigenvalue weighted by Gasteiger charge is 2.19. The van der Waals surface area contributed by atoms with Gasteiger partial charge in [-0.1, -0.05) is 311 Å². The van der Waals surface area contributed by atoms with E-state index in [1.54, 1.807) is 0 Å². The first-order valence-electron chi connectivity index (χ1n) is 30.8. The van der Waals surface area contributed by atoms with Gasteiger partial charge >= 0.3 is 17.9 Å². The Morgan fingerprint density at radius 2 is 0.559 bits per heavy atom. The van der Waals surface area contributed by atoms with Crippen molar-refractivity contribution in [3.8, 4) is 0 Å². The van der Waals surface area contributed by atoms with Crippen molar-refractivity contribution in [1.29, 1.82) is 0 Å². The van der Waals surface area contributed by atoms with E-state index in [-0.39, 0.29) is 31.1 Å². The zero-order chi connectivity index (χ0) is 49.6. The number of esters is 3. The molecule has 0 amide bonds. The van der Waals surface area contributed by atoms with E-state index in [1.165, 1.54) is 238 Å². The lowest BCUT2D eigenvalue weighted by atomic mass is 9.99. The summed E-state index contributed by atoms with van der Waals surface area (Å²) in [4.78, 5) is 38.2. The molecule has 0 N–H and O–H groups in total. The van der Waals surface area contributed by atoms with Crippen molar-refractivity contribution >= 4 is 17.9 Å². The van der Waals surface area contributed by atoms with Gasteiger partial charge in [-0.25, -0.2) is 0 Å². The summed E-state index contributed by atoms with van der Waals surface area (Å²) >= 11 is 0. The molecule has 0 aliphatic carbocycles. The monoisotopic (exact) mass is 961 g/mol. The Hall–Kier alpha value is -1.59. The molecule has 0 radical (unpaired) electrons. The molecule has 1 unspecified atom stereocenters. The SMILES string of the molecule is CCCCCCCCCCCCCCCCCCCCCC(=O)OC[C@@H](COC(=O)CCCCCCCCCCC(C)CC)OC(=O)CCCCCCCCCCCCCCCCCCC(C)C. The van der Waals surface area contributed by atoms with E-state index in [0.717, 1.165) is 69.6 Å². The van der Waals surface area contributed by atoms with E-state index in [2.05, 4.69) is 34.6 Å². The van der Waals surface area contributed by atoms with Crippen LogP contribution in [0, 0.1) is 11.8 Å². The van der Waals surface area contributed by atoms with Crippen LogP contribution in [0.2, 0.25) is 0 Å². The van der Waals surface area contributed by atoms with Crippen LogP contribution in [0.25, 0.3) is 0 Å². The molecular weight excluding hydrogens is 841 g/mol. The molecule has 68 heavy (non-hydrogen) atoms. The Balaban J connectivity index is 4.26. The van der Waals surface area contributed by atoms with E-state index in [4.69, 9.17) is 14.2 Å². The summed E-state index contributed by atoms with van der Waals surface area (Å²) in [5.41, 5.74) is 0. The van der Waals surface area contributed by atoms with E-state index in [0.29, 0.717) is 19.3 Å². The van der Waals surface area contributed by atoms with Gasteiger partial charge in [0.2, 0.25) is 0 Å². The van der Waals surface area contributed by atoms with Gasteiger partial charge in [0.05, 0.1) is 0 Å². The number of ether oxygens (including phenoxy) is 3. The molecule has 404 valence electrons. The standard InChI is InChI=1S/C62H120O6/c1-6-8-9-10-11-12-13-14-15-16-17-18-22-25-28-31-37-42-47-52-60(63)66-55-59(56-67-61(64)53-48-43-38-34-33-36-41-46-51-58(5)7-2)68-62(65)54-49-44-39-32-29-26-23-20-19-21-24-27-30-35-40-45-50-57(3)4/h57-59H,6-56H2,1-5H3/t58?,59-/m0/s1. The van der Waals surface area contributed by atoms with Crippen LogP contribution in [0.1, 0.15) is 349 Å². The quantitative estimate of drug-likeness (QED) is 0.0343. The summed E-state index contributed by atoms with van der Waals surface area (Å²) in [5.74, 6) is 0.862. The second-order valence-electron chi connectivity index (χ2n) is 22.1. The topological polar surface area (TPSA) is 78.9 Å². The van der Waals surface area contributed by atoms with Crippen molar-refractivity contribution in [1.82, 2.24) is 0 Å². The van der Waals surface area contributed by atoms with Gasteiger partial charge in [-0.15, -0.1) is 0 Å². The molecule has 0 aliphatic rings. The predicted molar refractivity (Wildman–Crippen MR) is 293 cm³/mol. The van der Waals surface area contributed by atoms with E-state index in [9.17, 15) is 14.4 Å². The van der Waals surface area contributed by atoms with Crippen molar-refractivity contribution in [3.63, 3.8) is 0 Å². The molecule has 0 aromatic rings. The summed E-state index contributed by atoms with van der Waals surface area (Å²) in [6.45, 7) is 11.4. The minimum atomic E-state index is -0.764. The van der Waals surface area contributed by atoms with Gasteiger partial charge in [-0.3, -0.25) is 14.4 Å². The number of hydrogen-bond acceptors (Lipinski definition) is 6. The van der Waals surface area contributed by atoms with Crippen molar-refractivity contribution in [2.45, 2.75) is 355 Å². The largest absolute Gasteiger partial charge is 0.462 e. The van der Waals surface area contributed by atoms with Gasteiger partial charge in [0, 0.05) is 19.3 Å². The normalized spacial score (nSPS) is 12.4. The molecule has 2 atom stereocenters. The van der Waals surface area contributed by atoms with Crippen LogP contribution in [0.15, 0.2) is 0 Å². The van der Waals surface area contributed by atoms with Crippen LogP contribution in [0.3, 0.4) is 0 Å². The minimum absolute atomic E-state index is 0.0626. The lowest BCUT2D eigenvalue weighted by Gasteiger charge is -2.18. The van der Waals surface area contributed by atoms with Crippen LogP contribution in [0.4, 0.5) is 0 Å². The number of hydrogen-bond donors (Lipinski definition) is 0. The maximum atomic E-state index is 12.9. The fraction of sp³-hybridized carbons (Fsp3) is 0.952. The summed E-state index contributed by atoms with van der Waals surface area (Å²) in [6.07, 6.45) is 59.6. The minimum Gasteiger partial charge on any atom is -0.462 e. The van der Waals surface area contributed by atoms with Gasteiger partial charge in [0.25, 0.3) is 0 Å². The van der Waals surface area contributed by atoms with Gasteiger partial charge in [-0.05, 0) is 31.1 Å². The van der Waals surface area contributed by atoms with Gasteiger partial charge in [-0.2, -0.15) is 0 Å². The van der Waals surface area contributed by atoms with Crippen LogP contribution in [-0.4, -0.2) is 37.2 Å². The lowest BCUT2D eigenvalue weighted by Crippen LogP contribution is -2.30. The van der Waals surface area contributed by atoms with Gasteiger partial charge in [0.1, 0.15) is 13.2 Å². The fourth-order valence-corrected chi connectivity index (χ4v) is 9.55. The molecule has 0 saturated carbocycles. The van der Waals surface area contributed by atoms with Gasteiger partial charge < -0.3 is 14.2 Å². The molecule has 0 aromatic heterocycles. The summed E-state index contributed by atoms with van der Waals surface area (Å²) in [6, 6.07) is 0. The molecule has 0 aromatic carbocycles. The van der Waals surface area contributed by atoms with E-state index >= 15 is 0 Å². The number of rotatable bonds is 56. The fourth-order valence-electron chi connectivity index (χ4n) is 9.55. The first-order chi connectivity index (χ1) is 33.3. The third-order valence-corrected chi connectivity index (χ3v) is 14.6. The van der Waals surface area contributed by atoms with Crippen molar-refractivity contribution in [2.24, 2.45) is 11.8 Å². The molecule has 0 bridgehead atoms. The Morgan fingerprint density at radius 1 is 0.309 bits per heavy atom. The highest BCUT2D eigenvalue weighted by Crippen LogP contribution is 2.19. The Labute approximate surface area is 425 Å². The average Bonchev–Trinajstić information content (AvgIpc) is 3.32. The number of unbranched alkanes of at least 4 members (excludes halogenated alkanes) is 40. The molecule has 0 spiro atoms. The van der Waals surface area contributed by atoms with Crippen molar-refractivity contribution in [3.05, 3.63) is 0 Å². The Morgan fingerprint density at radius 3 is 0.838 bits per heavy atom. The average molecular weight is 962 g/mol. The maximum Gasteiger partial charge on any atom is 0.306 e. The molecule has 0 fully saturated rings. The first kappa shape index (κ1) is 66.4. The second kappa shape index (κ2) is 54.7. The van der Waals surface area contributed by atoms with Gasteiger partial charge in [0.15, 0.2) is 6.10 Å². The molecule has 0 aliphatic heterocycles. The predicted octanol–water partition coefficient (Wildman–Crippen LogP) is 20.4. The summed E-state index contributed by atoms with van der Waals surface area (Å²) in [5, 5.41) is 0. The summed E-state index contributed by atoms with van der Waals surface area (Å²) in [7, 11) is 0. The zero-order valence-electron chi connectivity index (χ0n) is 46.7. The third-order valence-electron chi connectivity index (χ3n) is 14.6. The highest BCUT2D eigenvalue weighted by molar-refractivity contribution is 5.71. The lowest BCUT2D eigenvalue weighted by molar-refractivity contribution is -0.167. The number of carbonyl (C=O) groups is 3. The van der Waals surface area contributed by atoms with Crippen LogP contribution >= 0.6 is 0 Å². The van der Waals surface area contributed by atoms with E-state index in [1.807, 2.05) is 0 Å². The Bertz CT molecular complexity index is 1040. The van der Waals surface area contributed by atoms with Crippen LogP contribution in [0.5, 0.6) is 0 Å². The molecule has 6 nitrogen and oxygen atoms in total. The third kappa shape index (κ3) is 53.8. The maximum absolute atomic E-state index is 12.9. The van der Waals surface area contributed by atoms with E-state index < -0.39 is 6.10 Å². The smallest absolute Gasteiger partial charge is 0.306 e. The molecular formula is C62H120O6.